The molecule has 1 atom stereocenters. The Labute approximate surface area is 98.9 Å². The number of halogens is 2. The maximum atomic E-state index is 13.6. The monoisotopic (exact) mass is 236 g/mol. The highest BCUT2D eigenvalue weighted by Crippen LogP contribution is 2.28. The van der Waals surface area contributed by atoms with Gasteiger partial charge in [-0.1, -0.05) is 0 Å². The van der Waals surface area contributed by atoms with Crippen LogP contribution >= 0.6 is 0 Å². The molecule has 0 saturated carbocycles. The minimum absolute atomic E-state index is 0.343. The van der Waals surface area contributed by atoms with Gasteiger partial charge in [0, 0.05) is 24.5 Å². The average molecular weight is 236 g/mol. The zero-order chi connectivity index (χ0) is 11.8. The van der Waals surface area contributed by atoms with Gasteiger partial charge >= 0.3 is 0 Å². The molecule has 1 aromatic rings. The summed E-state index contributed by atoms with van der Waals surface area (Å²) in [4.78, 5) is 2.19. The summed E-state index contributed by atoms with van der Waals surface area (Å²) in [6.45, 7) is 0.789. The van der Waals surface area contributed by atoms with Crippen molar-refractivity contribution in [1.29, 1.82) is 0 Å². The van der Waals surface area contributed by atoms with E-state index >= 15 is 0 Å². The molecule has 4 heteroatoms. The van der Waals surface area contributed by atoms with Crippen molar-refractivity contribution in [2.45, 2.75) is 25.3 Å². The minimum atomic E-state index is -0.475. The van der Waals surface area contributed by atoms with E-state index in [9.17, 15) is 8.78 Å². The van der Waals surface area contributed by atoms with Crippen molar-refractivity contribution in [2.24, 2.45) is 0 Å². The molecule has 0 fully saturated rings. The van der Waals surface area contributed by atoms with Crippen LogP contribution in [0, 0.1) is 11.6 Å². The summed E-state index contributed by atoms with van der Waals surface area (Å²) in [6, 6.07) is 2.80. The highest BCUT2D eigenvalue weighted by molar-refractivity contribution is 5.32. The molecule has 1 aliphatic heterocycles. The summed E-state index contributed by atoms with van der Waals surface area (Å²) in [5, 5.41) is 3.11. The Balaban J connectivity index is 1.87. The van der Waals surface area contributed by atoms with Gasteiger partial charge in [0.2, 0.25) is 0 Å². The molecule has 0 radical (unpaired) electrons. The zero-order valence-corrected chi connectivity index (χ0v) is 9.42. The van der Waals surface area contributed by atoms with Gasteiger partial charge in [-0.3, -0.25) is 0 Å². The predicted octanol–water partition coefficient (Wildman–Crippen LogP) is 2.16. The number of hydrogen-bond acceptors (Lipinski definition) is 2. The van der Waals surface area contributed by atoms with E-state index in [1.165, 1.54) is 6.07 Å². The topological polar surface area (TPSA) is 15.3 Å². The van der Waals surface area contributed by atoms with Crippen LogP contribution in [-0.2, 0) is 12.8 Å². The Bertz CT molecular complexity index is 471. The Hall–Kier alpha value is -1.58. The first kappa shape index (κ1) is 10.6. The van der Waals surface area contributed by atoms with Gasteiger partial charge in [-0.2, -0.15) is 0 Å². The lowest BCUT2D eigenvalue weighted by molar-refractivity contribution is 0.260. The van der Waals surface area contributed by atoms with Gasteiger partial charge in [0.1, 0.15) is 11.6 Å². The maximum absolute atomic E-state index is 13.6. The van der Waals surface area contributed by atoms with E-state index in [-0.39, 0.29) is 0 Å². The molecule has 1 aliphatic carbocycles. The molecule has 1 aromatic carbocycles. The van der Waals surface area contributed by atoms with E-state index in [1.54, 1.807) is 0 Å². The highest BCUT2D eigenvalue weighted by Gasteiger charge is 2.25. The molecule has 0 spiro atoms. The van der Waals surface area contributed by atoms with Gasteiger partial charge < -0.3 is 10.2 Å². The maximum Gasteiger partial charge on any atom is 0.129 e. The summed E-state index contributed by atoms with van der Waals surface area (Å²) in [5.41, 5.74) is 1.51. The summed E-state index contributed by atoms with van der Waals surface area (Å²) >= 11 is 0. The van der Waals surface area contributed by atoms with Crippen LogP contribution in [0.25, 0.3) is 0 Å². The standard InChI is InChI=1S/C13H14F2N2/c14-10-5-9-6-11(17-4-3-16-8-17)1-2-12(9)13(15)7-10/h3-5,7,11,16H,1-2,6,8H2. The van der Waals surface area contributed by atoms with Crippen LogP contribution in [0.5, 0.6) is 0 Å². The molecule has 17 heavy (non-hydrogen) atoms. The minimum Gasteiger partial charge on any atom is -0.373 e. The molecular formula is C13H14F2N2. The summed E-state index contributed by atoms with van der Waals surface area (Å²) in [5.74, 6) is -0.870. The van der Waals surface area contributed by atoms with Crippen LogP contribution in [0.3, 0.4) is 0 Å². The first-order valence-electron chi connectivity index (χ1n) is 5.86. The fraction of sp³-hybridized carbons (Fsp3) is 0.385. The van der Waals surface area contributed by atoms with E-state index in [1.807, 2.05) is 12.4 Å². The zero-order valence-electron chi connectivity index (χ0n) is 9.42. The predicted molar refractivity (Wildman–Crippen MR) is 61.2 cm³/mol. The van der Waals surface area contributed by atoms with Gasteiger partial charge in [0.15, 0.2) is 0 Å². The molecule has 0 saturated heterocycles. The van der Waals surface area contributed by atoms with Crippen molar-refractivity contribution < 1.29 is 8.78 Å². The molecule has 0 bridgehead atoms. The van der Waals surface area contributed by atoms with Crippen molar-refractivity contribution in [3.8, 4) is 0 Å². The largest absolute Gasteiger partial charge is 0.373 e. The fourth-order valence-corrected chi connectivity index (χ4v) is 2.68. The molecule has 1 unspecified atom stereocenters. The lowest BCUT2D eigenvalue weighted by Gasteiger charge is -2.32. The molecule has 90 valence electrons. The average Bonchev–Trinajstić information content (AvgIpc) is 2.81. The Morgan fingerprint density at radius 1 is 1.29 bits per heavy atom. The van der Waals surface area contributed by atoms with Crippen LogP contribution < -0.4 is 5.32 Å². The van der Waals surface area contributed by atoms with Crippen molar-refractivity contribution in [3.05, 3.63) is 47.3 Å². The Kier molecular flexibility index (Phi) is 2.50. The van der Waals surface area contributed by atoms with Crippen molar-refractivity contribution in [2.75, 3.05) is 6.67 Å². The Morgan fingerprint density at radius 3 is 2.94 bits per heavy atom. The fourth-order valence-electron chi connectivity index (χ4n) is 2.68. The van der Waals surface area contributed by atoms with Gasteiger partial charge in [-0.15, -0.1) is 0 Å². The highest BCUT2D eigenvalue weighted by atomic mass is 19.1. The first-order chi connectivity index (χ1) is 8.24. The van der Waals surface area contributed by atoms with Crippen molar-refractivity contribution in [1.82, 2.24) is 10.2 Å². The van der Waals surface area contributed by atoms with Crippen molar-refractivity contribution >= 4 is 0 Å². The van der Waals surface area contributed by atoms with Crippen LogP contribution in [0.2, 0.25) is 0 Å². The lowest BCUT2D eigenvalue weighted by Crippen LogP contribution is -2.37. The third-order valence-electron chi connectivity index (χ3n) is 3.56. The van der Waals surface area contributed by atoms with E-state index < -0.39 is 11.6 Å². The summed E-state index contributed by atoms with van der Waals surface area (Å²) in [7, 11) is 0. The van der Waals surface area contributed by atoms with E-state index in [0.717, 1.165) is 31.1 Å². The molecule has 3 rings (SSSR count). The third-order valence-corrected chi connectivity index (χ3v) is 3.56. The molecule has 0 aromatic heterocycles. The normalized spacial score (nSPS) is 22.5. The lowest BCUT2D eigenvalue weighted by atomic mass is 9.87. The van der Waals surface area contributed by atoms with E-state index in [0.29, 0.717) is 18.0 Å². The summed E-state index contributed by atoms with van der Waals surface area (Å²) in [6.07, 6.45) is 6.24. The number of benzene rings is 1. The summed E-state index contributed by atoms with van der Waals surface area (Å²) < 4.78 is 26.7. The third kappa shape index (κ3) is 1.88. The van der Waals surface area contributed by atoms with Crippen molar-refractivity contribution in [3.63, 3.8) is 0 Å². The van der Waals surface area contributed by atoms with E-state index in [2.05, 4.69) is 10.2 Å². The number of nitrogens with zero attached hydrogens (tertiary/aromatic N) is 1. The smallest absolute Gasteiger partial charge is 0.129 e. The van der Waals surface area contributed by atoms with E-state index in [4.69, 9.17) is 0 Å². The number of hydrogen-bond donors (Lipinski definition) is 1. The quantitative estimate of drug-likeness (QED) is 0.803. The van der Waals surface area contributed by atoms with Gasteiger partial charge in [-0.25, -0.2) is 8.78 Å². The number of rotatable bonds is 1. The molecule has 2 aliphatic rings. The second kappa shape index (κ2) is 4.02. The van der Waals surface area contributed by atoms with Gasteiger partial charge in [0.05, 0.1) is 6.67 Å². The second-order valence-electron chi connectivity index (χ2n) is 4.61. The second-order valence-corrected chi connectivity index (χ2v) is 4.61. The molecule has 1 heterocycles. The van der Waals surface area contributed by atoms with Crippen LogP contribution in [0.1, 0.15) is 17.5 Å². The van der Waals surface area contributed by atoms with Crippen LogP contribution in [0.4, 0.5) is 8.78 Å². The van der Waals surface area contributed by atoms with Gasteiger partial charge in [0.25, 0.3) is 0 Å². The molecule has 2 nitrogen and oxygen atoms in total. The molecular weight excluding hydrogens is 222 g/mol. The number of fused-ring (bicyclic) bond motifs is 1. The first-order valence-corrected chi connectivity index (χ1v) is 5.86. The SMILES string of the molecule is Fc1cc(F)c2c(c1)CC(N1C=CNC1)CC2. The van der Waals surface area contributed by atoms with Crippen LogP contribution in [-0.4, -0.2) is 17.6 Å². The van der Waals surface area contributed by atoms with Crippen LogP contribution in [0.15, 0.2) is 24.5 Å². The Morgan fingerprint density at radius 2 is 2.18 bits per heavy atom. The molecule has 0 amide bonds. The molecule has 1 N–H and O–H groups in total. The number of nitrogens with one attached hydrogen (secondary N) is 1. The van der Waals surface area contributed by atoms with Gasteiger partial charge in [-0.05, 0) is 36.5 Å².